The number of phenolic OH excluding ortho intramolecular Hbond substituents is 1. The van der Waals surface area contributed by atoms with Gasteiger partial charge in [-0.3, -0.25) is 9.59 Å². The van der Waals surface area contributed by atoms with Crippen molar-refractivity contribution in [3.63, 3.8) is 0 Å². The van der Waals surface area contributed by atoms with Crippen LogP contribution in [0.2, 0.25) is 0 Å². The summed E-state index contributed by atoms with van der Waals surface area (Å²) in [6, 6.07) is 16.4. The third kappa shape index (κ3) is 2.59. The lowest BCUT2D eigenvalue weighted by molar-refractivity contribution is -0.142. The normalized spacial score (nSPS) is 28.5. The lowest BCUT2D eigenvalue weighted by Crippen LogP contribution is -2.49. The predicted octanol–water partition coefficient (Wildman–Crippen LogP) is 2.24. The number of phenols is 1. The van der Waals surface area contributed by atoms with Crippen molar-refractivity contribution in [1.82, 2.24) is 9.80 Å². The Balaban J connectivity index is 1.38. The van der Waals surface area contributed by atoms with Gasteiger partial charge in [0.05, 0.1) is 25.4 Å². The van der Waals surface area contributed by atoms with Crippen LogP contribution in [-0.2, 0) is 20.7 Å². The molecule has 6 nitrogen and oxygen atoms in total. The van der Waals surface area contributed by atoms with Gasteiger partial charge in [0.1, 0.15) is 11.9 Å². The highest BCUT2D eigenvalue weighted by Gasteiger charge is 2.64. The molecule has 3 atom stereocenters. The highest BCUT2D eigenvalue weighted by atomic mass is 16.5. The van der Waals surface area contributed by atoms with Gasteiger partial charge in [-0.2, -0.15) is 0 Å². The van der Waals surface area contributed by atoms with Gasteiger partial charge in [0.25, 0.3) is 0 Å². The van der Waals surface area contributed by atoms with Crippen molar-refractivity contribution in [1.29, 1.82) is 0 Å². The van der Waals surface area contributed by atoms with E-state index in [1.54, 1.807) is 23.1 Å². The number of hydrogen-bond acceptors (Lipinski definition) is 4. The molecule has 1 spiro atoms. The number of benzene rings is 2. The molecule has 2 amide bonds. The van der Waals surface area contributed by atoms with Crippen molar-refractivity contribution in [3.05, 3.63) is 65.7 Å². The Labute approximate surface area is 163 Å². The van der Waals surface area contributed by atoms with E-state index in [1.165, 1.54) is 0 Å². The molecule has 0 aliphatic carbocycles. The number of rotatable bonds is 3. The van der Waals surface area contributed by atoms with Crippen LogP contribution in [-0.4, -0.2) is 51.6 Å². The van der Waals surface area contributed by atoms with Crippen molar-refractivity contribution in [2.75, 3.05) is 13.1 Å². The Morgan fingerprint density at radius 2 is 2.00 bits per heavy atom. The van der Waals surface area contributed by atoms with E-state index >= 15 is 0 Å². The summed E-state index contributed by atoms with van der Waals surface area (Å²) in [5.41, 5.74) is 1.12. The Hall–Kier alpha value is -2.86. The zero-order valence-electron chi connectivity index (χ0n) is 15.5. The number of nitrogens with zero attached hydrogens (tertiary/aromatic N) is 2. The van der Waals surface area contributed by atoms with Gasteiger partial charge in [-0.1, -0.05) is 42.5 Å². The summed E-state index contributed by atoms with van der Waals surface area (Å²) in [7, 11) is 0. The summed E-state index contributed by atoms with van der Waals surface area (Å²) in [6.45, 7) is 1.11. The fraction of sp³-hybridized carbons (Fsp3) is 0.364. The fourth-order valence-corrected chi connectivity index (χ4v) is 4.91. The average molecular weight is 378 g/mol. The highest BCUT2D eigenvalue weighted by Crippen LogP contribution is 2.50. The molecule has 0 aromatic heterocycles. The fourth-order valence-electron chi connectivity index (χ4n) is 4.91. The van der Waals surface area contributed by atoms with Crippen LogP contribution < -0.4 is 0 Å². The molecule has 2 aromatic carbocycles. The van der Waals surface area contributed by atoms with Crippen LogP contribution in [0.3, 0.4) is 0 Å². The smallest absolute Gasteiger partial charge is 0.227 e. The molecule has 0 bridgehead atoms. The molecular formula is C22H22N2O4. The van der Waals surface area contributed by atoms with E-state index in [4.69, 9.17) is 4.74 Å². The zero-order chi connectivity index (χ0) is 19.3. The van der Waals surface area contributed by atoms with Crippen LogP contribution in [0.15, 0.2) is 54.6 Å². The number of hydrogen-bond donors (Lipinski definition) is 1. The molecule has 3 aliphatic heterocycles. The van der Waals surface area contributed by atoms with E-state index in [-0.39, 0.29) is 36.1 Å². The first-order chi connectivity index (χ1) is 13.6. The Morgan fingerprint density at radius 3 is 2.79 bits per heavy atom. The maximum atomic E-state index is 13.0. The number of aromatic hydroxyl groups is 1. The molecule has 28 heavy (non-hydrogen) atoms. The van der Waals surface area contributed by atoms with Gasteiger partial charge >= 0.3 is 0 Å². The van der Waals surface area contributed by atoms with E-state index in [1.807, 2.05) is 41.3 Å². The van der Waals surface area contributed by atoms with Gasteiger partial charge in [0.15, 0.2) is 5.72 Å². The molecule has 0 radical (unpaired) electrons. The number of ether oxygens (including phenoxy) is 1. The minimum atomic E-state index is -0.702. The van der Waals surface area contributed by atoms with Crippen LogP contribution in [0.1, 0.15) is 30.1 Å². The third-order valence-corrected chi connectivity index (χ3v) is 6.19. The van der Waals surface area contributed by atoms with Crippen LogP contribution in [0.4, 0.5) is 0 Å². The van der Waals surface area contributed by atoms with Crippen LogP contribution in [0, 0.1) is 0 Å². The first-order valence-electron chi connectivity index (χ1n) is 9.67. The first-order valence-corrected chi connectivity index (χ1v) is 9.67. The largest absolute Gasteiger partial charge is 0.508 e. The molecule has 0 saturated carbocycles. The molecule has 144 valence electrons. The summed E-state index contributed by atoms with van der Waals surface area (Å²) in [5, 5.41) is 9.64. The first kappa shape index (κ1) is 17.3. The van der Waals surface area contributed by atoms with Crippen molar-refractivity contribution in [2.24, 2.45) is 0 Å². The summed E-state index contributed by atoms with van der Waals surface area (Å²) < 4.78 is 6.47. The molecule has 3 saturated heterocycles. The predicted molar refractivity (Wildman–Crippen MR) is 101 cm³/mol. The van der Waals surface area contributed by atoms with Crippen molar-refractivity contribution >= 4 is 11.8 Å². The Morgan fingerprint density at radius 1 is 1.18 bits per heavy atom. The van der Waals surface area contributed by atoms with Gasteiger partial charge in [-0.05, 0) is 23.3 Å². The molecular weight excluding hydrogens is 356 g/mol. The summed E-state index contributed by atoms with van der Waals surface area (Å²) >= 11 is 0. The highest BCUT2D eigenvalue weighted by molar-refractivity contribution is 5.85. The lowest BCUT2D eigenvalue weighted by atomic mass is 10.1. The van der Waals surface area contributed by atoms with Crippen molar-refractivity contribution in [3.8, 4) is 5.75 Å². The van der Waals surface area contributed by atoms with E-state index in [2.05, 4.69) is 0 Å². The zero-order valence-corrected chi connectivity index (χ0v) is 15.5. The molecule has 0 unspecified atom stereocenters. The standard InChI is InChI=1S/C22H22N2O4/c25-17-8-4-5-15(11-17)12-20(26)23-10-9-22-19(23)13-21(27)24(22)14-18(28-22)16-6-2-1-3-7-16/h1-8,11,18-19,25H,9-10,12-14H2/t18-,19-,22+/m1/s1. The van der Waals surface area contributed by atoms with Gasteiger partial charge < -0.3 is 19.6 Å². The quantitative estimate of drug-likeness (QED) is 0.889. The molecule has 3 aliphatic rings. The van der Waals surface area contributed by atoms with Crippen LogP contribution in [0.25, 0.3) is 0 Å². The van der Waals surface area contributed by atoms with Gasteiger partial charge in [0, 0.05) is 13.0 Å². The maximum Gasteiger partial charge on any atom is 0.227 e. The second-order valence-corrected chi connectivity index (χ2v) is 7.77. The summed E-state index contributed by atoms with van der Waals surface area (Å²) in [5.74, 6) is 0.169. The number of carbonyl (C=O) groups is 2. The van der Waals surface area contributed by atoms with Crippen LogP contribution >= 0.6 is 0 Å². The number of amides is 2. The van der Waals surface area contributed by atoms with E-state index in [0.29, 0.717) is 25.9 Å². The van der Waals surface area contributed by atoms with Gasteiger partial charge in [0.2, 0.25) is 11.8 Å². The third-order valence-electron chi connectivity index (χ3n) is 6.19. The lowest BCUT2D eigenvalue weighted by Gasteiger charge is -2.32. The number of likely N-dealkylation sites (tertiary alicyclic amines) is 1. The molecule has 3 heterocycles. The van der Waals surface area contributed by atoms with E-state index in [9.17, 15) is 14.7 Å². The minimum Gasteiger partial charge on any atom is -0.508 e. The second kappa shape index (κ2) is 6.34. The molecule has 2 aromatic rings. The Bertz CT molecular complexity index is 931. The summed E-state index contributed by atoms with van der Waals surface area (Å²) in [6.07, 6.45) is 0.998. The van der Waals surface area contributed by atoms with Gasteiger partial charge in [-0.15, -0.1) is 0 Å². The SMILES string of the molecule is O=C(Cc1cccc(O)c1)N1CC[C@@]23O[C@@H](c4ccccc4)CN2C(=O)C[C@@H]13. The summed E-state index contributed by atoms with van der Waals surface area (Å²) in [4.78, 5) is 29.3. The molecule has 6 heteroatoms. The molecule has 1 N–H and O–H groups in total. The van der Waals surface area contributed by atoms with Crippen molar-refractivity contribution in [2.45, 2.75) is 37.1 Å². The second-order valence-electron chi connectivity index (χ2n) is 7.77. The molecule has 5 rings (SSSR count). The average Bonchev–Trinajstić information content (AvgIpc) is 3.31. The van der Waals surface area contributed by atoms with Crippen LogP contribution in [0.5, 0.6) is 5.75 Å². The monoisotopic (exact) mass is 378 g/mol. The molecule has 3 fully saturated rings. The maximum absolute atomic E-state index is 13.0. The topological polar surface area (TPSA) is 70.1 Å². The minimum absolute atomic E-state index is 0.0334. The van der Waals surface area contributed by atoms with E-state index < -0.39 is 5.72 Å². The van der Waals surface area contributed by atoms with E-state index in [0.717, 1.165) is 11.1 Å². The Kier molecular flexibility index (Phi) is 3.91. The van der Waals surface area contributed by atoms with Crippen molar-refractivity contribution < 1.29 is 19.4 Å². The van der Waals surface area contributed by atoms with Gasteiger partial charge in [-0.25, -0.2) is 0 Å². The number of carbonyl (C=O) groups excluding carboxylic acids is 2.